The summed E-state index contributed by atoms with van der Waals surface area (Å²) in [6, 6.07) is 5.41. The molecule has 1 saturated heterocycles. The van der Waals surface area contributed by atoms with E-state index in [1.165, 1.54) is 6.07 Å². The molecule has 1 aromatic carbocycles. The average Bonchev–Trinajstić information content (AvgIpc) is 2.40. The maximum atomic E-state index is 10.8. The van der Waals surface area contributed by atoms with Crippen molar-refractivity contribution in [2.45, 2.75) is 25.8 Å². The Labute approximate surface area is 112 Å². The molecule has 1 aromatic rings. The number of likely N-dealkylation sites (N-methyl/N-ethyl adjacent to an activating group) is 1. The third kappa shape index (κ3) is 2.96. The van der Waals surface area contributed by atoms with Crippen LogP contribution >= 0.6 is 0 Å². The summed E-state index contributed by atoms with van der Waals surface area (Å²) in [7, 11) is 0. The molecule has 104 valence electrons. The fourth-order valence-electron chi connectivity index (χ4n) is 2.64. The molecule has 1 fully saturated rings. The summed E-state index contributed by atoms with van der Waals surface area (Å²) >= 11 is 0. The van der Waals surface area contributed by atoms with E-state index in [2.05, 4.69) is 17.1 Å². The smallest absolute Gasteiger partial charge is 0.292 e. The van der Waals surface area contributed by atoms with Crippen LogP contribution in [0.3, 0.4) is 0 Å². The Kier molecular flexibility index (Phi) is 4.21. The van der Waals surface area contributed by atoms with Gasteiger partial charge in [-0.1, -0.05) is 0 Å². The van der Waals surface area contributed by atoms with Gasteiger partial charge in [0.2, 0.25) is 0 Å². The van der Waals surface area contributed by atoms with Crippen molar-refractivity contribution in [3.63, 3.8) is 0 Å². The number of piperidine rings is 1. The molecule has 0 amide bonds. The van der Waals surface area contributed by atoms with E-state index in [1.807, 2.05) is 0 Å². The van der Waals surface area contributed by atoms with Gasteiger partial charge in [-0.25, -0.2) is 0 Å². The van der Waals surface area contributed by atoms with Crippen molar-refractivity contribution in [2.75, 3.05) is 30.3 Å². The number of nitro benzene ring substituents is 1. The summed E-state index contributed by atoms with van der Waals surface area (Å²) < 4.78 is 0. The molecule has 0 aliphatic carbocycles. The van der Waals surface area contributed by atoms with Gasteiger partial charge in [0.05, 0.1) is 4.92 Å². The first-order chi connectivity index (χ1) is 9.13. The second-order valence-electron chi connectivity index (χ2n) is 4.79. The van der Waals surface area contributed by atoms with Crippen molar-refractivity contribution in [3.8, 4) is 0 Å². The van der Waals surface area contributed by atoms with Crippen LogP contribution in [0.25, 0.3) is 0 Å². The molecular weight excluding hydrogens is 244 g/mol. The first kappa shape index (κ1) is 13.6. The number of nitrogens with two attached hydrogens (primary N) is 1. The highest BCUT2D eigenvalue weighted by atomic mass is 16.6. The first-order valence-electron chi connectivity index (χ1n) is 6.64. The molecule has 0 bridgehead atoms. The lowest BCUT2D eigenvalue weighted by Gasteiger charge is -2.35. The predicted octanol–water partition coefficient (Wildman–Crippen LogP) is 1.76. The van der Waals surface area contributed by atoms with Gasteiger partial charge < -0.3 is 16.0 Å². The topological polar surface area (TPSA) is 84.4 Å². The van der Waals surface area contributed by atoms with Gasteiger partial charge in [0, 0.05) is 30.9 Å². The van der Waals surface area contributed by atoms with Gasteiger partial charge in [0.25, 0.3) is 5.69 Å². The third-order valence-electron chi connectivity index (χ3n) is 3.59. The zero-order valence-electron chi connectivity index (χ0n) is 11.1. The van der Waals surface area contributed by atoms with Crippen molar-refractivity contribution < 1.29 is 4.92 Å². The SMILES string of the molecule is CCN(c1ccc([N+](=O)[O-])c(N)c1)C1CCCNC1. The minimum atomic E-state index is -0.447. The van der Waals surface area contributed by atoms with Crippen LogP contribution in [0.15, 0.2) is 18.2 Å². The molecule has 0 aromatic heterocycles. The number of anilines is 2. The first-order valence-corrected chi connectivity index (χ1v) is 6.64. The van der Waals surface area contributed by atoms with Crippen molar-refractivity contribution in [1.29, 1.82) is 0 Å². The molecule has 6 nitrogen and oxygen atoms in total. The van der Waals surface area contributed by atoms with E-state index in [0.717, 1.165) is 38.2 Å². The average molecular weight is 264 g/mol. The van der Waals surface area contributed by atoms with Gasteiger partial charge in [-0.3, -0.25) is 10.1 Å². The summed E-state index contributed by atoms with van der Waals surface area (Å²) in [5.41, 5.74) is 6.92. The van der Waals surface area contributed by atoms with Crippen LogP contribution in [0, 0.1) is 10.1 Å². The number of nitrogens with one attached hydrogen (secondary N) is 1. The summed E-state index contributed by atoms with van der Waals surface area (Å²) in [6.45, 7) is 4.97. The summed E-state index contributed by atoms with van der Waals surface area (Å²) in [5.74, 6) is 0. The molecule has 0 radical (unpaired) electrons. The Hall–Kier alpha value is -1.82. The Morgan fingerprint density at radius 3 is 2.89 bits per heavy atom. The van der Waals surface area contributed by atoms with E-state index >= 15 is 0 Å². The normalized spacial score (nSPS) is 19.1. The highest BCUT2D eigenvalue weighted by Crippen LogP contribution is 2.28. The fourth-order valence-corrected chi connectivity index (χ4v) is 2.64. The van der Waals surface area contributed by atoms with E-state index in [4.69, 9.17) is 5.73 Å². The Morgan fingerprint density at radius 1 is 1.58 bits per heavy atom. The van der Waals surface area contributed by atoms with Crippen LogP contribution < -0.4 is 16.0 Å². The van der Waals surface area contributed by atoms with Crippen LogP contribution in [-0.2, 0) is 0 Å². The number of hydrogen-bond donors (Lipinski definition) is 2. The zero-order chi connectivity index (χ0) is 13.8. The van der Waals surface area contributed by atoms with E-state index < -0.39 is 4.92 Å². The van der Waals surface area contributed by atoms with Gasteiger partial charge in [0.15, 0.2) is 0 Å². The summed E-state index contributed by atoms with van der Waals surface area (Å²) in [5, 5.41) is 14.2. The number of nitrogens with zero attached hydrogens (tertiary/aromatic N) is 2. The number of benzene rings is 1. The zero-order valence-corrected chi connectivity index (χ0v) is 11.1. The lowest BCUT2D eigenvalue weighted by molar-refractivity contribution is -0.383. The standard InChI is InChI=1S/C13H20N4O2/c1-2-16(11-4-3-7-15-9-11)10-5-6-13(17(18)19)12(14)8-10/h5-6,8,11,15H,2-4,7,9,14H2,1H3. The molecule has 1 heterocycles. The van der Waals surface area contributed by atoms with Crippen molar-refractivity contribution in [2.24, 2.45) is 0 Å². The number of hydrogen-bond acceptors (Lipinski definition) is 5. The van der Waals surface area contributed by atoms with Crippen molar-refractivity contribution in [3.05, 3.63) is 28.3 Å². The Morgan fingerprint density at radius 2 is 2.37 bits per heavy atom. The fraction of sp³-hybridized carbons (Fsp3) is 0.538. The second kappa shape index (κ2) is 5.88. The maximum Gasteiger partial charge on any atom is 0.292 e. The van der Waals surface area contributed by atoms with E-state index in [-0.39, 0.29) is 11.4 Å². The molecule has 0 saturated carbocycles. The van der Waals surface area contributed by atoms with Crippen molar-refractivity contribution >= 4 is 17.1 Å². The van der Waals surface area contributed by atoms with Crippen LogP contribution in [-0.4, -0.2) is 30.6 Å². The largest absolute Gasteiger partial charge is 0.393 e. The van der Waals surface area contributed by atoms with E-state index in [9.17, 15) is 10.1 Å². The highest BCUT2D eigenvalue weighted by molar-refractivity contribution is 5.66. The minimum absolute atomic E-state index is 0.0263. The molecule has 6 heteroatoms. The highest BCUT2D eigenvalue weighted by Gasteiger charge is 2.21. The predicted molar refractivity (Wildman–Crippen MR) is 76.4 cm³/mol. The van der Waals surface area contributed by atoms with Crippen LogP contribution in [0.5, 0.6) is 0 Å². The molecule has 3 N–H and O–H groups in total. The maximum absolute atomic E-state index is 10.8. The number of rotatable bonds is 4. The molecule has 19 heavy (non-hydrogen) atoms. The van der Waals surface area contributed by atoms with Crippen LogP contribution in [0.4, 0.5) is 17.1 Å². The minimum Gasteiger partial charge on any atom is -0.393 e. The summed E-state index contributed by atoms with van der Waals surface area (Å²) in [6.07, 6.45) is 2.29. The van der Waals surface area contributed by atoms with E-state index in [0.29, 0.717) is 6.04 Å². The second-order valence-corrected chi connectivity index (χ2v) is 4.79. The third-order valence-corrected chi connectivity index (χ3v) is 3.59. The Bertz CT molecular complexity index is 458. The molecule has 2 rings (SSSR count). The van der Waals surface area contributed by atoms with Gasteiger partial charge >= 0.3 is 0 Å². The van der Waals surface area contributed by atoms with Gasteiger partial charge in [-0.15, -0.1) is 0 Å². The molecule has 1 atom stereocenters. The molecular formula is C13H20N4O2. The van der Waals surface area contributed by atoms with Gasteiger partial charge in [0.1, 0.15) is 5.69 Å². The summed E-state index contributed by atoms with van der Waals surface area (Å²) in [4.78, 5) is 12.6. The lowest BCUT2D eigenvalue weighted by Crippen LogP contribution is -2.46. The van der Waals surface area contributed by atoms with Gasteiger partial charge in [-0.05, 0) is 38.4 Å². The number of nitro groups is 1. The van der Waals surface area contributed by atoms with Crippen molar-refractivity contribution in [1.82, 2.24) is 5.32 Å². The van der Waals surface area contributed by atoms with E-state index in [1.54, 1.807) is 12.1 Å². The van der Waals surface area contributed by atoms with Crippen LogP contribution in [0.1, 0.15) is 19.8 Å². The molecule has 1 aliphatic rings. The monoisotopic (exact) mass is 264 g/mol. The molecule has 0 spiro atoms. The van der Waals surface area contributed by atoms with Crippen LogP contribution in [0.2, 0.25) is 0 Å². The molecule has 1 aliphatic heterocycles. The lowest BCUT2D eigenvalue weighted by atomic mass is 10.0. The Balaban J connectivity index is 2.23. The van der Waals surface area contributed by atoms with Gasteiger partial charge in [-0.2, -0.15) is 0 Å². The number of nitrogen functional groups attached to an aromatic ring is 1. The quantitative estimate of drug-likeness (QED) is 0.491. The molecule has 1 unspecified atom stereocenters.